The fourth-order valence-electron chi connectivity index (χ4n) is 3.76. The van der Waals surface area contributed by atoms with E-state index >= 15 is 0 Å². The number of carbonyl (C=O) groups excluding carboxylic acids is 3. The predicted octanol–water partition coefficient (Wildman–Crippen LogP) is 3.49. The number of carbonyl (C=O) groups is 3. The van der Waals surface area contributed by atoms with E-state index in [1.807, 2.05) is 42.5 Å². The van der Waals surface area contributed by atoms with Gasteiger partial charge >= 0.3 is 5.97 Å². The average Bonchev–Trinajstić information content (AvgIpc) is 3.10. The number of nitrogens with one attached hydrogen (secondary N) is 1. The summed E-state index contributed by atoms with van der Waals surface area (Å²) in [4.78, 5) is 39.5. The lowest BCUT2D eigenvalue weighted by molar-refractivity contribution is -0.125. The molecule has 0 saturated carbocycles. The second kappa shape index (κ2) is 8.83. The average molecular weight is 414 g/mol. The van der Waals surface area contributed by atoms with Crippen LogP contribution in [0.15, 0.2) is 78.9 Å². The summed E-state index contributed by atoms with van der Waals surface area (Å²) in [7, 11) is 1.33. The number of methoxy groups -OCH3 is 1. The first-order chi connectivity index (χ1) is 15.1. The second-order valence-electron chi connectivity index (χ2n) is 7.31. The molecule has 0 bridgehead atoms. The second-order valence-corrected chi connectivity index (χ2v) is 7.31. The number of rotatable bonds is 6. The number of esters is 1. The van der Waals surface area contributed by atoms with Crippen LogP contribution in [0.2, 0.25) is 0 Å². The summed E-state index contributed by atoms with van der Waals surface area (Å²) in [6.45, 7) is 0.632. The van der Waals surface area contributed by atoms with E-state index in [9.17, 15) is 14.4 Å². The van der Waals surface area contributed by atoms with Gasteiger partial charge in [-0.25, -0.2) is 4.79 Å². The van der Waals surface area contributed by atoms with Crippen molar-refractivity contribution >= 4 is 17.8 Å². The lowest BCUT2D eigenvalue weighted by Crippen LogP contribution is -2.38. The largest absolute Gasteiger partial charge is 0.465 e. The molecule has 3 aromatic rings. The molecule has 1 unspecified atom stereocenters. The maximum atomic E-state index is 13.1. The Labute approximate surface area is 180 Å². The first-order valence-electron chi connectivity index (χ1n) is 9.97. The SMILES string of the molecule is COC(=O)c1ccc(CN2C(=O)c3ccccc3C2C(=O)NCc2ccccc2)cc1. The maximum Gasteiger partial charge on any atom is 0.337 e. The minimum absolute atomic E-state index is 0.187. The van der Waals surface area contributed by atoms with Crippen LogP contribution < -0.4 is 5.32 Å². The summed E-state index contributed by atoms with van der Waals surface area (Å²) in [5.74, 6) is -0.838. The standard InChI is InChI=1S/C25H22N2O4/c1-31-25(30)19-13-11-18(12-14-19)16-27-22(20-9-5-6-10-21(20)24(27)29)23(28)26-15-17-7-3-2-4-8-17/h2-14,22H,15-16H2,1H3,(H,26,28). The highest BCUT2D eigenvalue weighted by molar-refractivity contribution is 6.04. The van der Waals surface area contributed by atoms with Crippen molar-refractivity contribution in [2.24, 2.45) is 0 Å². The van der Waals surface area contributed by atoms with Crippen LogP contribution in [0.4, 0.5) is 0 Å². The number of hydrogen-bond donors (Lipinski definition) is 1. The third-order valence-corrected chi connectivity index (χ3v) is 5.34. The van der Waals surface area contributed by atoms with Crippen molar-refractivity contribution in [3.8, 4) is 0 Å². The lowest BCUT2D eigenvalue weighted by atomic mass is 10.0. The zero-order valence-electron chi connectivity index (χ0n) is 17.1. The van der Waals surface area contributed by atoms with Crippen LogP contribution >= 0.6 is 0 Å². The van der Waals surface area contributed by atoms with Gasteiger partial charge in [0.1, 0.15) is 6.04 Å². The van der Waals surface area contributed by atoms with Gasteiger partial charge in [-0.15, -0.1) is 0 Å². The third kappa shape index (κ3) is 4.19. The number of nitrogens with zero attached hydrogens (tertiary/aromatic N) is 1. The summed E-state index contributed by atoms with van der Waals surface area (Å²) in [5, 5.41) is 2.96. The maximum absolute atomic E-state index is 13.1. The molecule has 4 rings (SSSR count). The topological polar surface area (TPSA) is 75.7 Å². The fraction of sp³-hybridized carbons (Fsp3) is 0.160. The lowest BCUT2D eigenvalue weighted by Gasteiger charge is -2.25. The van der Waals surface area contributed by atoms with Crippen LogP contribution in [0.5, 0.6) is 0 Å². The molecule has 3 aromatic carbocycles. The first kappa shape index (κ1) is 20.3. The highest BCUT2D eigenvalue weighted by Crippen LogP contribution is 2.35. The Balaban J connectivity index is 1.57. The van der Waals surface area contributed by atoms with Gasteiger partial charge in [-0.1, -0.05) is 60.7 Å². The van der Waals surface area contributed by atoms with Crippen molar-refractivity contribution in [3.63, 3.8) is 0 Å². The molecule has 0 saturated heterocycles. The Kier molecular flexibility index (Phi) is 5.80. The van der Waals surface area contributed by atoms with Crippen LogP contribution in [-0.4, -0.2) is 29.8 Å². The number of hydrogen-bond acceptors (Lipinski definition) is 4. The van der Waals surface area contributed by atoms with E-state index in [4.69, 9.17) is 4.74 Å². The Morgan fingerprint density at radius 2 is 1.58 bits per heavy atom. The van der Waals surface area contributed by atoms with Gasteiger partial charge in [-0.05, 0) is 34.9 Å². The van der Waals surface area contributed by atoms with Crippen molar-refractivity contribution in [1.29, 1.82) is 0 Å². The van der Waals surface area contributed by atoms with E-state index in [1.165, 1.54) is 7.11 Å². The monoisotopic (exact) mass is 414 g/mol. The van der Waals surface area contributed by atoms with Crippen molar-refractivity contribution in [1.82, 2.24) is 10.2 Å². The third-order valence-electron chi connectivity index (χ3n) is 5.34. The quantitative estimate of drug-likeness (QED) is 0.627. The molecule has 1 N–H and O–H groups in total. The van der Waals surface area contributed by atoms with Gasteiger partial charge in [0.25, 0.3) is 5.91 Å². The Morgan fingerprint density at radius 1 is 0.903 bits per heavy atom. The van der Waals surface area contributed by atoms with Crippen LogP contribution in [0.25, 0.3) is 0 Å². The molecule has 2 amide bonds. The summed E-state index contributed by atoms with van der Waals surface area (Å²) >= 11 is 0. The molecular weight excluding hydrogens is 392 g/mol. The summed E-state index contributed by atoms with van der Waals surface area (Å²) in [5.41, 5.74) is 3.46. The zero-order chi connectivity index (χ0) is 21.8. The number of amides is 2. The van der Waals surface area contributed by atoms with E-state index in [2.05, 4.69) is 5.32 Å². The molecule has 1 heterocycles. The molecular formula is C25H22N2O4. The van der Waals surface area contributed by atoms with E-state index in [0.29, 0.717) is 23.2 Å². The molecule has 0 radical (unpaired) electrons. The summed E-state index contributed by atoms with van der Waals surface area (Å²) < 4.78 is 4.72. The van der Waals surface area contributed by atoms with E-state index in [0.717, 1.165) is 11.1 Å². The van der Waals surface area contributed by atoms with Crippen molar-refractivity contribution in [2.45, 2.75) is 19.1 Å². The Bertz CT molecular complexity index is 1110. The predicted molar refractivity (Wildman–Crippen MR) is 115 cm³/mol. The molecule has 6 heteroatoms. The molecule has 0 aromatic heterocycles. The number of fused-ring (bicyclic) bond motifs is 1. The van der Waals surface area contributed by atoms with Gasteiger partial charge < -0.3 is 15.0 Å². The molecule has 0 spiro atoms. The van der Waals surface area contributed by atoms with E-state index < -0.39 is 12.0 Å². The number of benzene rings is 3. The van der Waals surface area contributed by atoms with Crippen LogP contribution in [-0.2, 0) is 22.6 Å². The van der Waals surface area contributed by atoms with E-state index in [1.54, 1.807) is 41.3 Å². The van der Waals surface area contributed by atoms with Gasteiger partial charge in [-0.3, -0.25) is 9.59 Å². The molecule has 0 aliphatic carbocycles. The Morgan fingerprint density at radius 3 is 2.29 bits per heavy atom. The van der Waals surface area contributed by atoms with Gasteiger partial charge in [0.15, 0.2) is 0 Å². The highest BCUT2D eigenvalue weighted by atomic mass is 16.5. The summed E-state index contributed by atoms with van der Waals surface area (Å²) in [6, 6.07) is 22.9. The molecule has 1 aliphatic heterocycles. The zero-order valence-corrected chi connectivity index (χ0v) is 17.1. The molecule has 0 fully saturated rings. The van der Waals surface area contributed by atoms with Gasteiger partial charge in [0.05, 0.1) is 12.7 Å². The fourth-order valence-corrected chi connectivity index (χ4v) is 3.76. The van der Waals surface area contributed by atoms with Gasteiger partial charge in [0.2, 0.25) is 5.91 Å². The normalized spacial score (nSPS) is 14.8. The van der Waals surface area contributed by atoms with E-state index in [-0.39, 0.29) is 18.4 Å². The van der Waals surface area contributed by atoms with Crippen LogP contribution in [0.1, 0.15) is 43.4 Å². The van der Waals surface area contributed by atoms with Crippen LogP contribution in [0.3, 0.4) is 0 Å². The molecule has 6 nitrogen and oxygen atoms in total. The Hall–Kier alpha value is -3.93. The molecule has 156 valence electrons. The number of ether oxygens (including phenoxy) is 1. The van der Waals surface area contributed by atoms with Gasteiger partial charge in [-0.2, -0.15) is 0 Å². The van der Waals surface area contributed by atoms with Gasteiger partial charge in [0, 0.05) is 18.7 Å². The highest BCUT2D eigenvalue weighted by Gasteiger charge is 2.40. The van der Waals surface area contributed by atoms with Crippen molar-refractivity contribution in [2.75, 3.05) is 7.11 Å². The molecule has 31 heavy (non-hydrogen) atoms. The van der Waals surface area contributed by atoms with Crippen molar-refractivity contribution < 1.29 is 19.1 Å². The first-order valence-corrected chi connectivity index (χ1v) is 9.97. The molecule has 1 atom stereocenters. The summed E-state index contributed by atoms with van der Waals surface area (Å²) in [6.07, 6.45) is 0. The molecule has 1 aliphatic rings. The smallest absolute Gasteiger partial charge is 0.337 e. The minimum atomic E-state index is -0.715. The van der Waals surface area contributed by atoms with Crippen molar-refractivity contribution in [3.05, 3.63) is 107 Å². The minimum Gasteiger partial charge on any atom is -0.465 e. The van der Waals surface area contributed by atoms with Crippen LogP contribution in [0, 0.1) is 0 Å².